The van der Waals surface area contributed by atoms with Gasteiger partial charge in [0.25, 0.3) is 0 Å². The third-order valence-corrected chi connectivity index (χ3v) is 2.52. The molecule has 0 saturated heterocycles. The predicted molar refractivity (Wildman–Crippen MR) is 64.1 cm³/mol. The van der Waals surface area contributed by atoms with E-state index in [-0.39, 0.29) is 11.9 Å². The van der Waals surface area contributed by atoms with Crippen LogP contribution in [0.2, 0.25) is 0 Å². The summed E-state index contributed by atoms with van der Waals surface area (Å²) in [5, 5.41) is 0. The van der Waals surface area contributed by atoms with Gasteiger partial charge in [0.05, 0.1) is 6.10 Å². The lowest BCUT2D eigenvalue weighted by Crippen LogP contribution is -2.15. The van der Waals surface area contributed by atoms with E-state index >= 15 is 0 Å². The second-order valence-corrected chi connectivity index (χ2v) is 4.26. The van der Waals surface area contributed by atoms with Crippen molar-refractivity contribution in [3.05, 3.63) is 0 Å². The van der Waals surface area contributed by atoms with Crippen LogP contribution in [-0.4, -0.2) is 18.5 Å². The molecular formula is C13H26O2. The van der Waals surface area contributed by atoms with Crippen molar-refractivity contribution in [3.63, 3.8) is 0 Å². The van der Waals surface area contributed by atoms with Crippen LogP contribution in [0.3, 0.4) is 0 Å². The van der Waals surface area contributed by atoms with E-state index in [2.05, 4.69) is 13.8 Å². The van der Waals surface area contributed by atoms with Crippen LogP contribution in [0.25, 0.3) is 0 Å². The standard InChI is InChI=1S/C13H26O2/c1-4-6-7-8-10-12(3)15-11-13(14)9-5-2/h12H,4-11H2,1-3H3. The summed E-state index contributed by atoms with van der Waals surface area (Å²) in [5.41, 5.74) is 0. The van der Waals surface area contributed by atoms with Crippen LogP contribution in [0.15, 0.2) is 0 Å². The molecule has 0 bridgehead atoms. The van der Waals surface area contributed by atoms with Crippen molar-refractivity contribution in [2.45, 2.75) is 71.8 Å². The highest BCUT2D eigenvalue weighted by Crippen LogP contribution is 2.08. The Bertz CT molecular complexity index is 155. The molecule has 0 spiro atoms. The molecule has 1 atom stereocenters. The fourth-order valence-corrected chi connectivity index (χ4v) is 1.53. The Labute approximate surface area is 94.4 Å². The van der Waals surface area contributed by atoms with Crippen LogP contribution in [0.5, 0.6) is 0 Å². The van der Waals surface area contributed by atoms with Gasteiger partial charge in [0.2, 0.25) is 0 Å². The van der Waals surface area contributed by atoms with Gasteiger partial charge >= 0.3 is 0 Å². The molecule has 0 aliphatic carbocycles. The van der Waals surface area contributed by atoms with Crippen molar-refractivity contribution in [2.75, 3.05) is 6.61 Å². The molecule has 0 aliphatic rings. The second kappa shape index (κ2) is 10.2. The molecule has 0 aromatic carbocycles. The average molecular weight is 214 g/mol. The minimum atomic E-state index is 0.234. The number of rotatable bonds is 10. The van der Waals surface area contributed by atoms with Gasteiger partial charge in [-0.05, 0) is 19.8 Å². The van der Waals surface area contributed by atoms with Crippen LogP contribution >= 0.6 is 0 Å². The van der Waals surface area contributed by atoms with Gasteiger partial charge in [-0.25, -0.2) is 0 Å². The van der Waals surface area contributed by atoms with E-state index in [0.29, 0.717) is 13.0 Å². The zero-order valence-electron chi connectivity index (χ0n) is 10.6. The molecule has 2 heteroatoms. The molecule has 0 aromatic rings. The third kappa shape index (κ3) is 9.92. The number of hydrogen-bond acceptors (Lipinski definition) is 2. The Morgan fingerprint density at radius 2 is 1.87 bits per heavy atom. The summed E-state index contributed by atoms with van der Waals surface area (Å²) in [6.07, 6.45) is 7.98. The Morgan fingerprint density at radius 1 is 1.13 bits per heavy atom. The first-order valence-electron chi connectivity index (χ1n) is 6.34. The van der Waals surface area contributed by atoms with Crippen LogP contribution in [-0.2, 0) is 9.53 Å². The molecule has 0 radical (unpaired) electrons. The summed E-state index contributed by atoms with van der Waals surface area (Å²) in [6, 6.07) is 0. The van der Waals surface area contributed by atoms with E-state index in [1.165, 1.54) is 25.7 Å². The number of carbonyl (C=O) groups excluding carboxylic acids is 1. The van der Waals surface area contributed by atoms with Gasteiger partial charge in [-0.15, -0.1) is 0 Å². The van der Waals surface area contributed by atoms with Crippen molar-refractivity contribution in [3.8, 4) is 0 Å². The molecule has 2 nitrogen and oxygen atoms in total. The average Bonchev–Trinajstić information content (AvgIpc) is 2.22. The smallest absolute Gasteiger partial charge is 0.158 e. The lowest BCUT2D eigenvalue weighted by atomic mass is 10.1. The van der Waals surface area contributed by atoms with Crippen molar-refractivity contribution in [1.29, 1.82) is 0 Å². The van der Waals surface area contributed by atoms with Crippen LogP contribution in [0.4, 0.5) is 0 Å². The van der Waals surface area contributed by atoms with E-state index < -0.39 is 0 Å². The van der Waals surface area contributed by atoms with Crippen molar-refractivity contribution in [2.24, 2.45) is 0 Å². The molecule has 0 heterocycles. The van der Waals surface area contributed by atoms with E-state index in [1.807, 2.05) is 6.92 Å². The van der Waals surface area contributed by atoms with Gasteiger partial charge in [0.1, 0.15) is 6.61 Å². The second-order valence-electron chi connectivity index (χ2n) is 4.26. The molecule has 1 unspecified atom stereocenters. The molecule has 15 heavy (non-hydrogen) atoms. The van der Waals surface area contributed by atoms with Crippen LogP contribution < -0.4 is 0 Å². The summed E-state index contributed by atoms with van der Waals surface area (Å²) >= 11 is 0. The lowest BCUT2D eigenvalue weighted by molar-refractivity contribution is -0.125. The van der Waals surface area contributed by atoms with Gasteiger partial charge in [-0.2, -0.15) is 0 Å². The Balaban J connectivity index is 3.32. The van der Waals surface area contributed by atoms with E-state index in [4.69, 9.17) is 4.74 Å². The van der Waals surface area contributed by atoms with E-state index in [1.54, 1.807) is 0 Å². The molecule has 0 rings (SSSR count). The fourth-order valence-electron chi connectivity index (χ4n) is 1.53. The Kier molecular flexibility index (Phi) is 9.91. The van der Waals surface area contributed by atoms with Gasteiger partial charge < -0.3 is 4.74 Å². The van der Waals surface area contributed by atoms with Gasteiger partial charge in [0, 0.05) is 6.42 Å². The monoisotopic (exact) mass is 214 g/mol. The predicted octanol–water partition coefficient (Wildman–Crippen LogP) is 3.73. The third-order valence-electron chi connectivity index (χ3n) is 2.52. The topological polar surface area (TPSA) is 26.3 Å². The maximum absolute atomic E-state index is 11.2. The maximum Gasteiger partial charge on any atom is 0.158 e. The first-order chi connectivity index (χ1) is 7.20. The zero-order chi connectivity index (χ0) is 11.5. The fraction of sp³-hybridized carbons (Fsp3) is 0.923. The molecule has 0 aliphatic heterocycles. The minimum Gasteiger partial charge on any atom is -0.371 e. The molecule has 0 aromatic heterocycles. The minimum absolute atomic E-state index is 0.234. The molecule has 0 N–H and O–H groups in total. The maximum atomic E-state index is 11.2. The molecule has 0 saturated carbocycles. The molecule has 90 valence electrons. The van der Waals surface area contributed by atoms with Crippen molar-refractivity contribution >= 4 is 5.78 Å². The van der Waals surface area contributed by atoms with Gasteiger partial charge in [0.15, 0.2) is 5.78 Å². The number of ether oxygens (including phenoxy) is 1. The number of ketones is 1. The number of unbranched alkanes of at least 4 members (excludes halogenated alkanes) is 3. The molecule has 0 amide bonds. The van der Waals surface area contributed by atoms with Crippen LogP contribution in [0, 0.1) is 0 Å². The highest BCUT2D eigenvalue weighted by Gasteiger charge is 2.05. The van der Waals surface area contributed by atoms with Crippen LogP contribution in [0.1, 0.15) is 65.7 Å². The summed E-state index contributed by atoms with van der Waals surface area (Å²) in [7, 11) is 0. The summed E-state index contributed by atoms with van der Waals surface area (Å²) in [4.78, 5) is 11.2. The molecular weight excluding hydrogens is 188 g/mol. The SMILES string of the molecule is CCCCCCC(C)OCC(=O)CCC. The highest BCUT2D eigenvalue weighted by molar-refractivity contribution is 5.79. The van der Waals surface area contributed by atoms with Crippen molar-refractivity contribution in [1.82, 2.24) is 0 Å². The first-order valence-corrected chi connectivity index (χ1v) is 6.34. The lowest BCUT2D eigenvalue weighted by Gasteiger charge is -2.11. The zero-order valence-corrected chi connectivity index (χ0v) is 10.6. The molecule has 0 fully saturated rings. The van der Waals surface area contributed by atoms with Gasteiger partial charge in [-0.3, -0.25) is 4.79 Å². The quantitative estimate of drug-likeness (QED) is 0.518. The first kappa shape index (κ1) is 14.6. The van der Waals surface area contributed by atoms with E-state index in [9.17, 15) is 4.79 Å². The van der Waals surface area contributed by atoms with Crippen molar-refractivity contribution < 1.29 is 9.53 Å². The summed E-state index contributed by atoms with van der Waals surface area (Å²) < 4.78 is 5.49. The van der Waals surface area contributed by atoms with E-state index in [0.717, 1.165) is 12.8 Å². The summed E-state index contributed by atoms with van der Waals surface area (Å²) in [5.74, 6) is 0.234. The number of Topliss-reactive ketones (excluding diaryl/α,β-unsaturated/α-hetero) is 1. The largest absolute Gasteiger partial charge is 0.371 e. The summed E-state index contributed by atoms with van der Waals surface area (Å²) in [6.45, 7) is 6.60. The normalized spacial score (nSPS) is 12.7. The number of carbonyl (C=O) groups is 1. The highest BCUT2D eigenvalue weighted by atomic mass is 16.5. The van der Waals surface area contributed by atoms with Gasteiger partial charge in [-0.1, -0.05) is 39.5 Å². The number of hydrogen-bond donors (Lipinski definition) is 0. The Morgan fingerprint density at radius 3 is 2.47 bits per heavy atom. The Hall–Kier alpha value is -0.370.